The highest BCUT2D eigenvalue weighted by molar-refractivity contribution is 5.36. The number of benzene rings is 2. The monoisotopic (exact) mass is 391 g/mol. The van der Waals surface area contributed by atoms with Crippen molar-refractivity contribution in [3.63, 3.8) is 0 Å². The first kappa shape index (κ1) is 19.9. The van der Waals surface area contributed by atoms with Gasteiger partial charge in [0.05, 0.1) is 12.2 Å². The van der Waals surface area contributed by atoms with E-state index in [-0.39, 0.29) is 23.2 Å². The van der Waals surface area contributed by atoms with Crippen LogP contribution in [-0.4, -0.2) is 12.4 Å². The summed E-state index contributed by atoms with van der Waals surface area (Å²) in [6.45, 7) is 11.2. The molecule has 0 unspecified atom stereocenters. The fourth-order valence-electron chi connectivity index (χ4n) is 4.67. The van der Waals surface area contributed by atoms with Crippen LogP contribution >= 0.6 is 0 Å². The first-order valence-electron chi connectivity index (χ1n) is 10.3. The second kappa shape index (κ2) is 7.16. The molecule has 1 saturated carbocycles. The van der Waals surface area contributed by atoms with E-state index in [9.17, 15) is 5.26 Å². The van der Waals surface area contributed by atoms with E-state index in [2.05, 4.69) is 40.7 Å². The van der Waals surface area contributed by atoms with Crippen molar-refractivity contribution >= 4 is 0 Å². The average molecular weight is 392 g/mol. The smallest absolute Gasteiger partial charge is 0.172 e. The first-order valence-corrected chi connectivity index (χ1v) is 10.3. The zero-order valence-corrected chi connectivity index (χ0v) is 17.8. The molecule has 0 aromatic heterocycles. The minimum atomic E-state index is -0.699. The van der Waals surface area contributed by atoms with Crippen molar-refractivity contribution in [2.45, 2.75) is 53.1 Å². The highest BCUT2D eigenvalue weighted by atomic mass is 16.7. The molecule has 4 heteroatoms. The Balaban J connectivity index is 1.50. The van der Waals surface area contributed by atoms with Crippen LogP contribution in [0.1, 0.15) is 46.3 Å². The molecule has 1 aliphatic carbocycles. The summed E-state index contributed by atoms with van der Waals surface area (Å²) in [5.41, 5.74) is 0.998. The molecule has 0 N–H and O–H groups in total. The molecular weight excluding hydrogens is 362 g/mol. The Bertz CT molecular complexity index is 910. The van der Waals surface area contributed by atoms with Crippen LogP contribution in [0.2, 0.25) is 0 Å². The molecule has 2 fully saturated rings. The lowest BCUT2D eigenvalue weighted by Crippen LogP contribution is -2.34. The number of hydrogen-bond donors (Lipinski definition) is 0. The molecule has 152 valence electrons. The summed E-state index contributed by atoms with van der Waals surface area (Å²) in [7, 11) is 0. The molecule has 29 heavy (non-hydrogen) atoms. The third-order valence-corrected chi connectivity index (χ3v) is 6.28. The molecule has 4 nitrogen and oxygen atoms in total. The Hall–Kier alpha value is -2.35. The van der Waals surface area contributed by atoms with Gasteiger partial charge in [-0.2, -0.15) is 5.26 Å². The largest absolute Gasteiger partial charge is 0.457 e. The Morgan fingerprint density at radius 3 is 2.31 bits per heavy atom. The van der Waals surface area contributed by atoms with Crippen molar-refractivity contribution in [1.82, 2.24) is 0 Å². The molecule has 0 bridgehead atoms. The lowest BCUT2D eigenvalue weighted by atomic mass is 9.84. The maximum Gasteiger partial charge on any atom is 0.172 e. The lowest BCUT2D eigenvalue weighted by Gasteiger charge is -2.33. The molecular formula is C25H29NO3. The summed E-state index contributed by atoms with van der Waals surface area (Å²) in [5, 5.41) is 9.80. The molecule has 0 radical (unpaired) electrons. The zero-order valence-electron chi connectivity index (χ0n) is 17.8. The fourth-order valence-corrected chi connectivity index (χ4v) is 4.67. The van der Waals surface area contributed by atoms with Gasteiger partial charge in [0.1, 0.15) is 11.5 Å². The number of ether oxygens (including phenoxy) is 3. The summed E-state index contributed by atoms with van der Waals surface area (Å²) in [4.78, 5) is 0. The Kier molecular flexibility index (Phi) is 4.93. The van der Waals surface area contributed by atoms with Gasteiger partial charge in [0.15, 0.2) is 12.4 Å². The fraction of sp³-hybridized carbons (Fsp3) is 0.480. The van der Waals surface area contributed by atoms with E-state index in [0.29, 0.717) is 17.6 Å². The molecule has 1 saturated heterocycles. The first-order chi connectivity index (χ1) is 13.7. The van der Waals surface area contributed by atoms with Gasteiger partial charge in [-0.3, -0.25) is 0 Å². The van der Waals surface area contributed by atoms with E-state index in [1.54, 1.807) is 0 Å². The van der Waals surface area contributed by atoms with E-state index in [1.165, 1.54) is 0 Å². The van der Waals surface area contributed by atoms with Crippen molar-refractivity contribution in [2.75, 3.05) is 0 Å². The van der Waals surface area contributed by atoms with Crippen LogP contribution in [0.5, 0.6) is 11.5 Å². The van der Waals surface area contributed by atoms with Crippen molar-refractivity contribution in [3.05, 3.63) is 60.2 Å². The zero-order chi connectivity index (χ0) is 20.8. The Morgan fingerprint density at radius 1 is 1.00 bits per heavy atom. The second-order valence-corrected chi connectivity index (χ2v) is 9.80. The van der Waals surface area contributed by atoms with Crippen LogP contribution < -0.4 is 4.74 Å². The van der Waals surface area contributed by atoms with Crippen molar-refractivity contribution in [2.24, 2.45) is 22.7 Å². The standard InChI is InChI=1S/C25H29NO3/c1-24(2,3)22-20-21(25(20,4)5)23(29-22)28-19(15-26)16-10-9-13-18(14-16)27-17-11-7-6-8-12-17/h6-14,19-23H,1-5H3/t19-,20+,21-,22+,23-/m0/s1. The third-order valence-electron chi connectivity index (χ3n) is 6.28. The van der Waals surface area contributed by atoms with Gasteiger partial charge in [0.25, 0.3) is 0 Å². The van der Waals surface area contributed by atoms with Crippen LogP contribution in [0.25, 0.3) is 0 Å². The molecule has 1 heterocycles. The van der Waals surface area contributed by atoms with Gasteiger partial charge in [-0.05, 0) is 46.6 Å². The molecule has 2 aromatic carbocycles. The molecule has 1 aliphatic heterocycles. The average Bonchev–Trinajstić information content (AvgIpc) is 3.02. The molecule has 2 aromatic rings. The topological polar surface area (TPSA) is 51.5 Å². The van der Waals surface area contributed by atoms with E-state index in [1.807, 2.05) is 54.6 Å². The number of hydrogen-bond acceptors (Lipinski definition) is 4. The van der Waals surface area contributed by atoms with Gasteiger partial charge in [-0.15, -0.1) is 0 Å². The number of nitrogens with zero attached hydrogens (tertiary/aromatic N) is 1. The number of nitriles is 1. The molecule has 2 aliphatic rings. The molecule has 4 rings (SSSR count). The van der Waals surface area contributed by atoms with Crippen LogP contribution in [0.4, 0.5) is 0 Å². The van der Waals surface area contributed by atoms with E-state index >= 15 is 0 Å². The maximum atomic E-state index is 9.80. The van der Waals surface area contributed by atoms with Gasteiger partial charge < -0.3 is 14.2 Å². The van der Waals surface area contributed by atoms with E-state index in [0.717, 1.165) is 11.3 Å². The molecule has 0 spiro atoms. The van der Waals surface area contributed by atoms with Gasteiger partial charge in [-0.1, -0.05) is 65.0 Å². The quantitative estimate of drug-likeness (QED) is 0.617. The normalized spacial score (nSPS) is 28.3. The predicted octanol–water partition coefficient (Wildman–Crippen LogP) is 6.10. The van der Waals surface area contributed by atoms with Crippen LogP contribution in [0, 0.1) is 34.0 Å². The molecule has 5 atom stereocenters. The van der Waals surface area contributed by atoms with Gasteiger partial charge in [0, 0.05) is 5.92 Å². The SMILES string of the molecule is CC(C)(C)[C@@H]1O[C@H](O[C@@H](C#N)c2cccc(Oc3ccccc3)c2)[C@@H]2[C@H]1C2(C)C. The van der Waals surface area contributed by atoms with Gasteiger partial charge in [0.2, 0.25) is 0 Å². The summed E-state index contributed by atoms with van der Waals surface area (Å²) in [5.74, 6) is 2.24. The summed E-state index contributed by atoms with van der Waals surface area (Å²) in [6.07, 6.45) is -0.919. The summed E-state index contributed by atoms with van der Waals surface area (Å²) < 4.78 is 18.4. The Morgan fingerprint density at radius 2 is 1.69 bits per heavy atom. The minimum absolute atomic E-state index is 0.0420. The van der Waals surface area contributed by atoms with Crippen molar-refractivity contribution < 1.29 is 14.2 Å². The van der Waals surface area contributed by atoms with Crippen LogP contribution in [-0.2, 0) is 9.47 Å². The summed E-state index contributed by atoms with van der Waals surface area (Å²) >= 11 is 0. The van der Waals surface area contributed by atoms with E-state index < -0.39 is 6.10 Å². The van der Waals surface area contributed by atoms with Crippen LogP contribution in [0.3, 0.4) is 0 Å². The van der Waals surface area contributed by atoms with E-state index in [4.69, 9.17) is 14.2 Å². The third kappa shape index (κ3) is 3.77. The van der Waals surface area contributed by atoms with Crippen molar-refractivity contribution in [3.8, 4) is 17.6 Å². The second-order valence-electron chi connectivity index (χ2n) is 9.80. The summed E-state index contributed by atoms with van der Waals surface area (Å²) in [6, 6.07) is 19.4. The van der Waals surface area contributed by atoms with Crippen LogP contribution in [0.15, 0.2) is 54.6 Å². The highest BCUT2D eigenvalue weighted by Gasteiger charge is 2.72. The predicted molar refractivity (Wildman–Crippen MR) is 111 cm³/mol. The Labute approximate surface area is 173 Å². The number of fused-ring (bicyclic) bond motifs is 1. The number of rotatable bonds is 5. The maximum absolute atomic E-state index is 9.80. The van der Waals surface area contributed by atoms with Gasteiger partial charge in [-0.25, -0.2) is 0 Å². The molecule has 0 amide bonds. The van der Waals surface area contributed by atoms with Gasteiger partial charge >= 0.3 is 0 Å². The lowest BCUT2D eigenvalue weighted by molar-refractivity contribution is -0.197. The number of para-hydroxylation sites is 1. The minimum Gasteiger partial charge on any atom is -0.457 e. The highest BCUT2D eigenvalue weighted by Crippen LogP contribution is 2.69. The van der Waals surface area contributed by atoms with Crippen molar-refractivity contribution in [1.29, 1.82) is 5.26 Å².